The Kier molecular flexibility index (Phi) is 5.56. The highest BCUT2D eigenvalue weighted by Gasteiger charge is 2.37. The van der Waals surface area contributed by atoms with E-state index in [0.29, 0.717) is 43.6 Å². The minimum absolute atomic E-state index is 0.0277. The third-order valence-corrected chi connectivity index (χ3v) is 6.35. The minimum atomic E-state index is -1.03. The van der Waals surface area contributed by atoms with Crippen molar-refractivity contribution in [2.24, 2.45) is 5.92 Å². The van der Waals surface area contributed by atoms with E-state index in [1.165, 1.54) is 30.2 Å². The number of carboxylic acid groups (broad SMARTS) is 1. The van der Waals surface area contributed by atoms with Crippen molar-refractivity contribution in [2.45, 2.75) is 69.7 Å². The molecule has 0 unspecified atom stereocenters. The molecule has 1 aromatic carbocycles. The Morgan fingerprint density at radius 2 is 1.82 bits per heavy atom. The van der Waals surface area contributed by atoms with Crippen LogP contribution >= 0.6 is 0 Å². The van der Waals surface area contributed by atoms with Crippen molar-refractivity contribution in [1.29, 1.82) is 0 Å². The summed E-state index contributed by atoms with van der Waals surface area (Å²) in [4.78, 5) is 25.6. The Balaban J connectivity index is 1.54. The summed E-state index contributed by atoms with van der Waals surface area (Å²) in [5.41, 5.74) is 0.867. The Bertz CT molecular complexity index is 755. The van der Waals surface area contributed by atoms with Gasteiger partial charge in [-0.25, -0.2) is 9.18 Å². The van der Waals surface area contributed by atoms with E-state index in [1.807, 2.05) is 0 Å². The van der Waals surface area contributed by atoms with Gasteiger partial charge in [-0.15, -0.1) is 0 Å². The molecule has 3 fully saturated rings. The second-order valence-corrected chi connectivity index (χ2v) is 8.45. The largest absolute Gasteiger partial charge is 0.493 e. The van der Waals surface area contributed by atoms with E-state index in [1.54, 1.807) is 6.07 Å². The smallest absolute Gasteiger partial charge is 0.326 e. The van der Waals surface area contributed by atoms with Crippen LogP contribution in [0.4, 0.5) is 4.39 Å². The van der Waals surface area contributed by atoms with Crippen LogP contribution in [0.2, 0.25) is 0 Å². The lowest BCUT2D eigenvalue weighted by atomic mass is 9.90. The van der Waals surface area contributed by atoms with E-state index in [-0.39, 0.29) is 5.56 Å². The van der Waals surface area contributed by atoms with Gasteiger partial charge in [-0.2, -0.15) is 0 Å². The van der Waals surface area contributed by atoms with Crippen molar-refractivity contribution in [3.05, 3.63) is 29.1 Å². The Morgan fingerprint density at radius 3 is 2.50 bits per heavy atom. The van der Waals surface area contributed by atoms with Crippen LogP contribution in [0.5, 0.6) is 5.75 Å². The van der Waals surface area contributed by atoms with E-state index in [0.717, 1.165) is 31.2 Å². The number of hydrogen-bond donors (Lipinski definition) is 1. The normalized spacial score (nSPS) is 23.0. The van der Waals surface area contributed by atoms with Gasteiger partial charge in [0, 0.05) is 12.6 Å². The molecule has 5 nitrogen and oxygen atoms in total. The van der Waals surface area contributed by atoms with Gasteiger partial charge in [0.1, 0.15) is 17.6 Å². The van der Waals surface area contributed by atoms with E-state index in [4.69, 9.17) is 4.74 Å². The zero-order valence-electron chi connectivity index (χ0n) is 16.2. The molecule has 6 heteroatoms. The van der Waals surface area contributed by atoms with Gasteiger partial charge in [0.25, 0.3) is 5.91 Å². The molecule has 1 atom stereocenters. The van der Waals surface area contributed by atoms with Crippen LogP contribution < -0.4 is 4.74 Å². The highest BCUT2D eigenvalue weighted by molar-refractivity contribution is 5.97. The maximum atomic E-state index is 14.8. The van der Waals surface area contributed by atoms with Crippen LogP contribution in [-0.2, 0) is 4.79 Å². The number of amides is 1. The topological polar surface area (TPSA) is 66.8 Å². The first-order valence-electron chi connectivity index (χ1n) is 10.5. The molecular weight excluding hydrogens is 361 g/mol. The molecule has 1 amide bonds. The summed E-state index contributed by atoms with van der Waals surface area (Å²) in [5.74, 6) is -0.792. The molecule has 0 spiro atoms. The summed E-state index contributed by atoms with van der Waals surface area (Å²) < 4.78 is 20.9. The van der Waals surface area contributed by atoms with Crippen molar-refractivity contribution in [1.82, 2.24) is 4.90 Å². The first-order valence-corrected chi connectivity index (χ1v) is 10.5. The quantitative estimate of drug-likeness (QED) is 0.785. The van der Waals surface area contributed by atoms with Gasteiger partial charge in [-0.1, -0.05) is 19.3 Å². The van der Waals surface area contributed by atoms with Gasteiger partial charge in [-0.05, 0) is 62.0 Å². The van der Waals surface area contributed by atoms with Crippen molar-refractivity contribution in [3.8, 4) is 5.75 Å². The van der Waals surface area contributed by atoms with Crippen molar-refractivity contribution in [3.63, 3.8) is 0 Å². The lowest BCUT2D eigenvalue weighted by Crippen LogP contribution is -2.40. The molecule has 0 bridgehead atoms. The number of halogens is 1. The summed E-state index contributed by atoms with van der Waals surface area (Å²) in [6, 6.07) is 2.09. The molecule has 4 rings (SSSR count). The van der Waals surface area contributed by atoms with Gasteiger partial charge in [0.05, 0.1) is 12.2 Å². The van der Waals surface area contributed by atoms with Crippen molar-refractivity contribution < 1.29 is 23.8 Å². The highest BCUT2D eigenvalue weighted by Crippen LogP contribution is 2.45. The van der Waals surface area contributed by atoms with Crippen molar-refractivity contribution >= 4 is 11.9 Å². The van der Waals surface area contributed by atoms with E-state index < -0.39 is 23.7 Å². The summed E-state index contributed by atoms with van der Waals surface area (Å²) in [7, 11) is 0. The zero-order valence-corrected chi connectivity index (χ0v) is 16.2. The average molecular weight is 389 g/mol. The lowest BCUT2D eigenvalue weighted by molar-refractivity contribution is -0.141. The summed E-state index contributed by atoms with van der Waals surface area (Å²) in [5, 5.41) is 9.33. The maximum Gasteiger partial charge on any atom is 0.326 e. The molecule has 28 heavy (non-hydrogen) atoms. The predicted molar refractivity (Wildman–Crippen MR) is 102 cm³/mol. The second kappa shape index (κ2) is 8.10. The molecule has 0 aromatic heterocycles. The zero-order chi connectivity index (χ0) is 19.7. The molecule has 1 N–H and O–H groups in total. The number of carboxylic acids is 1. The maximum absolute atomic E-state index is 14.8. The summed E-state index contributed by atoms with van der Waals surface area (Å²) in [6.45, 7) is 0.952. The third kappa shape index (κ3) is 4.01. The van der Waals surface area contributed by atoms with Crippen LogP contribution in [-0.4, -0.2) is 41.1 Å². The minimum Gasteiger partial charge on any atom is -0.493 e. The number of ether oxygens (including phenoxy) is 1. The number of hydrogen-bond acceptors (Lipinski definition) is 3. The van der Waals surface area contributed by atoms with Gasteiger partial charge >= 0.3 is 5.97 Å². The number of benzene rings is 1. The summed E-state index contributed by atoms with van der Waals surface area (Å²) >= 11 is 0. The number of nitrogens with zero attached hydrogens (tertiary/aromatic N) is 1. The first-order chi connectivity index (χ1) is 13.5. The molecule has 1 saturated heterocycles. The number of rotatable bonds is 6. The SMILES string of the molecule is O=C(O)[C@@H]1CCCN1C(=O)c1cc(C2CC2)c(OCC2CCCCC2)cc1F. The molecular formula is C22H28FNO4. The van der Waals surface area contributed by atoms with E-state index in [2.05, 4.69) is 0 Å². The average Bonchev–Trinajstić information content (AvgIpc) is 3.41. The fourth-order valence-corrected chi connectivity index (χ4v) is 4.56. The van der Waals surface area contributed by atoms with E-state index in [9.17, 15) is 19.1 Å². The Labute approximate surface area is 164 Å². The number of carbonyl (C=O) groups is 2. The molecule has 3 aliphatic rings. The number of carbonyl (C=O) groups excluding carboxylic acids is 1. The Morgan fingerprint density at radius 1 is 1.07 bits per heavy atom. The molecule has 1 aliphatic heterocycles. The summed E-state index contributed by atoms with van der Waals surface area (Å²) in [6.07, 6.45) is 9.12. The van der Waals surface area contributed by atoms with Gasteiger partial charge in [0.15, 0.2) is 0 Å². The second-order valence-electron chi connectivity index (χ2n) is 8.45. The Hall–Kier alpha value is -2.11. The number of aliphatic carboxylic acids is 1. The van der Waals surface area contributed by atoms with Gasteiger partial charge < -0.3 is 14.7 Å². The predicted octanol–water partition coefficient (Wildman–Crippen LogP) is 4.35. The van der Waals surface area contributed by atoms with E-state index >= 15 is 0 Å². The molecule has 1 heterocycles. The van der Waals surface area contributed by atoms with Crippen LogP contribution in [0.15, 0.2) is 12.1 Å². The van der Waals surface area contributed by atoms with Crippen LogP contribution in [0.3, 0.4) is 0 Å². The molecule has 1 aromatic rings. The fourth-order valence-electron chi connectivity index (χ4n) is 4.56. The molecule has 152 valence electrons. The van der Waals surface area contributed by atoms with Crippen molar-refractivity contribution in [2.75, 3.05) is 13.2 Å². The standard InChI is InChI=1S/C22H28FNO4/c23-18-12-20(28-13-14-5-2-1-3-6-14)16(15-8-9-15)11-17(18)21(25)24-10-4-7-19(24)22(26)27/h11-12,14-15,19H,1-10,13H2,(H,26,27)/t19-/m0/s1. The molecule has 0 radical (unpaired) electrons. The molecule has 2 aliphatic carbocycles. The van der Waals surface area contributed by atoms with Crippen LogP contribution in [0, 0.1) is 11.7 Å². The third-order valence-electron chi connectivity index (χ3n) is 6.35. The monoisotopic (exact) mass is 389 g/mol. The van der Waals surface area contributed by atoms with Crippen LogP contribution in [0.25, 0.3) is 0 Å². The fraction of sp³-hybridized carbons (Fsp3) is 0.636. The first kappa shape index (κ1) is 19.2. The number of likely N-dealkylation sites (tertiary alicyclic amines) is 1. The molecule has 2 saturated carbocycles. The van der Waals surface area contributed by atoms with Gasteiger partial charge in [0.2, 0.25) is 0 Å². The van der Waals surface area contributed by atoms with Gasteiger partial charge in [-0.3, -0.25) is 4.79 Å². The lowest BCUT2D eigenvalue weighted by Gasteiger charge is -2.24. The van der Waals surface area contributed by atoms with Crippen LogP contribution in [0.1, 0.15) is 79.6 Å². The highest BCUT2D eigenvalue weighted by atomic mass is 19.1.